The van der Waals surface area contributed by atoms with E-state index in [-0.39, 0.29) is 11.7 Å². The van der Waals surface area contributed by atoms with Gasteiger partial charge in [-0.05, 0) is 25.7 Å². The van der Waals surface area contributed by atoms with Crippen LogP contribution in [0.4, 0.5) is 0 Å². The molecule has 0 aromatic heterocycles. The van der Waals surface area contributed by atoms with Crippen molar-refractivity contribution >= 4 is 0 Å². The third kappa shape index (κ3) is 1.97. The Hall–Kier alpha value is -0.120. The number of nitrogens with zero attached hydrogens (tertiary/aromatic N) is 1. The molecule has 2 N–H and O–H groups in total. The van der Waals surface area contributed by atoms with Crippen LogP contribution in [0, 0.1) is 0 Å². The number of hydrogen-bond donors (Lipinski definition) is 2. The van der Waals surface area contributed by atoms with Crippen molar-refractivity contribution in [3.05, 3.63) is 0 Å². The third-order valence-corrected chi connectivity index (χ3v) is 2.97. The molecule has 0 radical (unpaired) electrons. The zero-order valence-corrected chi connectivity index (χ0v) is 7.37. The highest BCUT2D eigenvalue weighted by molar-refractivity contribution is 4.94. The molecule has 1 atom stereocenters. The Bertz CT molecular complexity index is 168. The van der Waals surface area contributed by atoms with Crippen LogP contribution in [0.15, 0.2) is 0 Å². The quantitative estimate of drug-likeness (QED) is 0.626. The van der Waals surface area contributed by atoms with Crippen LogP contribution in [-0.4, -0.2) is 46.5 Å². The van der Waals surface area contributed by atoms with Crippen LogP contribution < -0.4 is 0 Å². The molecular weight excluding hydrogens is 154 g/mol. The van der Waals surface area contributed by atoms with Crippen molar-refractivity contribution in [2.45, 2.75) is 37.4 Å². The molecule has 1 saturated heterocycles. The summed E-state index contributed by atoms with van der Waals surface area (Å²) in [5.74, 6) is 0. The molecule has 0 unspecified atom stereocenters. The first-order valence-electron chi connectivity index (χ1n) is 4.81. The first kappa shape index (κ1) is 8.48. The largest absolute Gasteiger partial charge is 0.392 e. The molecular formula is C9H17NO2. The Balaban J connectivity index is 1.67. The van der Waals surface area contributed by atoms with Crippen molar-refractivity contribution < 1.29 is 10.2 Å². The Morgan fingerprint density at radius 2 is 2.17 bits per heavy atom. The van der Waals surface area contributed by atoms with Gasteiger partial charge in [0.1, 0.15) is 0 Å². The second kappa shape index (κ2) is 2.98. The first-order chi connectivity index (χ1) is 5.68. The minimum atomic E-state index is -0.326. The average molecular weight is 171 g/mol. The maximum atomic E-state index is 9.57. The second-order valence-electron chi connectivity index (χ2n) is 4.22. The van der Waals surface area contributed by atoms with Gasteiger partial charge in [-0.2, -0.15) is 0 Å². The summed E-state index contributed by atoms with van der Waals surface area (Å²) >= 11 is 0. The van der Waals surface area contributed by atoms with E-state index < -0.39 is 0 Å². The lowest BCUT2D eigenvalue weighted by atomic mass is 10.2. The van der Waals surface area contributed by atoms with Gasteiger partial charge in [0.15, 0.2) is 0 Å². The standard InChI is InChI=1S/C9H17NO2/c11-8-1-5-10(7-8)6-4-9(12)2-3-9/h8,11-12H,1-7H2/t8-/m0/s1. The molecule has 70 valence electrons. The summed E-state index contributed by atoms with van der Waals surface area (Å²) in [6.45, 7) is 2.75. The summed E-state index contributed by atoms with van der Waals surface area (Å²) in [4.78, 5) is 2.24. The van der Waals surface area contributed by atoms with E-state index in [2.05, 4.69) is 4.90 Å². The number of likely N-dealkylation sites (tertiary alicyclic amines) is 1. The van der Waals surface area contributed by atoms with E-state index in [1.807, 2.05) is 0 Å². The SMILES string of the molecule is O[C@H]1CCN(CCC2(O)CC2)C1. The maximum absolute atomic E-state index is 9.57. The molecule has 1 aliphatic heterocycles. The summed E-state index contributed by atoms with van der Waals surface area (Å²) in [5, 5.41) is 18.8. The van der Waals surface area contributed by atoms with Crippen LogP contribution in [0.1, 0.15) is 25.7 Å². The highest BCUT2D eigenvalue weighted by Crippen LogP contribution is 2.38. The number of aliphatic hydroxyl groups is 2. The minimum absolute atomic E-state index is 0.126. The van der Waals surface area contributed by atoms with Crippen LogP contribution in [0.3, 0.4) is 0 Å². The maximum Gasteiger partial charge on any atom is 0.0679 e. The molecule has 3 nitrogen and oxygen atoms in total. The van der Waals surface area contributed by atoms with Gasteiger partial charge in [0.05, 0.1) is 11.7 Å². The second-order valence-corrected chi connectivity index (χ2v) is 4.22. The first-order valence-corrected chi connectivity index (χ1v) is 4.81. The van der Waals surface area contributed by atoms with Gasteiger partial charge in [-0.3, -0.25) is 0 Å². The van der Waals surface area contributed by atoms with Gasteiger partial charge in [0, 0.05) is 19.6 Å². The molecule has 0 bridgehead atoms. The van der Waals surface area contributed by atoms with E-state index in [0.29, 0.717) is 0 Å². The zero-order valence-electron chi connectivity index (χ0n) is 7.37. The third-order valence-electron chi connectivity index (χ3n) is 2.97. The molecule has 0 spiro atoms. The summed E-state index contributed by atoms with van der Waals surface area (Å²) in [6.07, 6.45) is 3.61. The predicted molar refractivity (Wildman–Crippen MR) is 45.9 cm³/mol. The van der Waals surface area contributed by atoms with Gasteiger partial charge < -0.3 is 15.1 Å². The average Bonchev–Trinajstić information content (AvgIpc) is 2.60. The normalized spacial score (nSPS) is 34.0. The predicted octanol–water partition coefficient (Wildman–Crippen LogP) is -0.0320. The van der Waals surface area contributed by atoms with Crippen molar-refractivity contribution in [3.8, 4) is 0 Å². The lowest BCUT2D eigenvalue weighted by molar-refractivity contribution is 0.118. The van der Waals surface area contributed by atoms with E-state index in [0.717, 1.165) is 45.3 Å². The van der Waals surface area contributed by atoms with Crippen molar-refractivity contribution in [1.82, 2.24) is 4.90 Å². The van der Waals surface area contributed by atoms with E-state index in [1.165, 1.54) is 0 Å². The molecule has 0 amide bonds. The number of β-amino-alcohol motifs (C(OH)–C–C–N with tert-alkyl or cyclic N) is 1. The van der Waals surface area contributed by atoms with Crippen LogP contribution in [0.2, 0.25) is 0 Å². The minimum Gasteiger partial charge on any atom is -0.392 e. The van der Waals surface area contributed by atoms with Crippen molar-refractivity contribution in [2.75, 3.05) is 19.6 Å². The fourth-order valence-electron chi connectivity index (χ4n) is 1.78. The van der Waals surface area contributed by atoms with E-state index in [4.69, 9.17) is 0 Å². The Kier molecular flexibility index (Phi) is 2.10. The molecule has 2 rings (SSSR count). The van der Waals surface area contributed by atoms with Gasteiger partial charge in [-0.1, -0.05) is 0 Å². The van der Waals surface area contributed by atoms with Crippen LogP contribution in [0.5, 0.6) is 0 Å². The van der Waals surface area contributed by atoms with E-state index in [9.17, 15) is 10.2 Å². The summed E-state index contributed by atoms with van der Waals surface area (Å²) in [7, 11) is 0. The van der Waals surface area contributed by atoms with E-state index >= 15 is 0 Å². The van der Waals surface area contributed by atoms with Crippen LogP contribution in [0.25, 0.3) is 0 Å². The van der Waals surface area contributed by atoms with Crippen molar-refractivity contribution in [1.29, 1.82) is 0 Å². The Morgan fingerprint density at radius 1 is 1.42 bits per heavy atom. The lowest BCUT2D eigenvalue weighted by Crippen LogP contribution is -2.26. The van der Waals surface area contributed by atoms with Crippen LogP contribution >= 0.6 is 0 Å². The fourth-order valence-corrected chi connectivity index (χ4v) is 1.78. The molecule has 2 fully saturated rings. The van der Waals surface area contributed by atoms with Crippen molar-refractivity contribution in [2.24, 2.45) is 0 Å². The zero-order chi connectivity index (χ0) is 8.60. The number of hydrogen-bond acceptors (Lipinski definition) is 3. The lowest BCUT2D eigenvalue weighted by Gasteiger charge is -2.16. The van der Waals surface area contributed by atoms with Gasteiger partial charge in [0.25, 0.3) is 0 Å². The topological polar surface area (TPSA) is 43.7 Å². The monoisotopic (exact) mass is 171 g/mol. The van der Waals surface area contributed by atoms with E-state index in [1.54, 1.807) is 0 Å². The van der Waals surface area contributed by atoms with Crippen molar-refractivity contribution in [3.63, 3.8) is 0 Å². The van der Waals surface area contributed by atoms with Gasteiger partial charge in [-0.15, -0.1) is 0 Å². The smallest absolute Gasteiger partial charge is 0.0679 e. The Labute approximate surface area is 73.0 Å². The number of aliphatic hydroxyl groups excluding tert-OH is 1. The Morgan fingerprint density at radius 3 is 2.67 bits per heavy atom. The number of rotatable bonds is 3. The molecule has 0 aromatic rings. The molecule has 1 aliphatic carbocycles. The summed E-state index contributed by atoms with van der Waals surface area (Å²) in [5.41, 5.74) is -0.326. The highest BCUT2D eigenvalue weighted by Gasteiger charge is 2.40. The molecule has 1 saturated carbocycles. The molecule has 0 aromatic carbocycles. The summed E-state index contributed by atoms with van der Waals surface area (Å²) in [6, 6.07) is 0. The molecule has 2 aliphatic rings. The highest BCUT2D eigenvalue weighted by atomic mass is 16.3. The van der Waals surface area contributed by atoms with Gasteiger partial charge in [-0.25, -0.2) is 0 Å². The molecule has 1 heterocycles. The molecule has 12 heavy (non-hydrogen) atoms. The fraction of sp³-hybridized carbons (Fsp3) is 1.00. The molecule has 3 heteroatoms. The van der Waals surface area contributed by atoms with Gasteiger partial charge >= 0.3 is 0 Å². The summed E-state index contributed by atoms with van der Waals surface area (Å²) < 4.78 is 0. The van der Waals surface area contributed by atoms with Crippen LogP contribution in [-0.2, 0) is 0 Å². The van der Waals surface area contributed by atoms with Gasteiger partial charge in [0.2, 0.25) is 0 Å².